The molecule has 41 heavy (non-hydrogen) atoms. The monoisotopic (exact) mass is 596 g/mol. The third kappa shape index (κ3) is 6.72. The van der Waals surface area contributed by atoms with Crippen LogP contribution in [0.3, 0.4) is 0 Å². The number of Topliss-reactive ketones (excluding diaryl/α,β-unsaturated/α-hetero) is 1. The zero-order chi connectivity index (χ0) is 30.2. The van der Waals surface area contributed by atoms with E-state index in [1.807, 2.05) is 0 Å². The number of carbonyl (C=O) groups excluding carboxylic acids is 1. The number of alkyl halides is 6. The van der Waals surface area contributed by atoms with Gasteiger partial charge in [0.2, 0.25) is 10.0 Å². The Morgan fingerprint density at radius 1 is 0.707 bits per heavy atom. The fraction of sp³-hybridized carbons (Fsp3) is 0.148. The normalized spacial score (nSPS) is 17.3. The first kappa shape index (κ1) is 29.7. The Kier molecular flexibility index (Phi) is 7.91. The van der Waals surface area contributed by atoms with E-state index in [0.29, 0.717) is 0 Å². The molecule has 4 rings (SSSR count). The molecule has 0 spiro atoms. The summed E-state index contributed by atoms with van der Waals surface area (Å²) in [4.78, 5) is 23.2. The van der Waals surface area contributed by atoms with Gasteiger partial charge in [-0.05, 0) is 59.7 Å². The van der Waals surface area contributed by atoms with Crippen molar-refractivity contribution >= 4 is 33.6 Å². The van der Waals surface area contributed by atoms with Crippen LogP contribution in [-0.2, 0) is 27.2 Å². The number of nitro groups is 1. The van der Waals surface area contributed by atoms with Gasteiger partial charge < -0.3 is 0 Å². The number of carbonyl (C=O) groups is 1. The van der Waals surface area contributed by atoms with Gasteiger partial charge in [0, 0.05) is 36.4 Å². The number of rotatable bonds is 5. The molecule has 1 heterocycles. The van der Waals surface area contributed by atoms with Crippen LogP contribution in [0.15, 0.2) is 88.8 Å². The van der Waals surface area contributed by atoms with Crippen molar-refractivity contribution < 1.29 is 44.5 Å². The molecule has 0 N–H and O–H groups in total. The lowest BCUT2D eigenvalue weighted by molar-refractivity contribution is -0.384. The molecule has 0 radical (unpaired) electrons. The van der Waals surface area contributed by atoms with Gasteiger partial charge in [-0.1, -0.05) is 24.3 Å². The lowest BCUT2D eigenvalue weighted by atomic mass is 9.95. The number of nitro benzene ring substituents is 1. The summed E-state index contributed by atoms with van der Waals surface area (Å²) in [5.41, 5.74) is -2.10. The van der Waals surface area contributed by atoms with Crippen LogP contribution < -0.4 is 0 Å². The van der Waals surface area contributed by atoms with Crippen molar-refractivity contribution in [3.63, 3.8) is 0 Å². The number of hydrogen-bond acceptors (Lipinski definition) is 5. The highest BCUT2D eigenvalue weighted by atomic mass is 32.2. The van der Waals surface area contributed by atoms with Gasteiger partial charge in [0.1, 0.15) is 0 Å². The van der Waals surface area contributed by atoms with E-state index in [1.54, 1.807) is 0 Å². The second-order valence-corrected chi connectivity index (χ2v) is 10.9. The summed E-state index contributed by atoms with van der Waals surface area (Å²) in [5, 5.41) is 11.0. The molecule has 0 amide bonds. The van der Waals surface area contributed by atoms with Crippen molar-refractivity contribution in [1.29, 1.82) is 0 Å². The van der Waals surface area contributed by atoms with E-state index in [0.717, 1.165) is 77.1 Å². The number of halogens is 6. The summed E-state index contributed by atoms with van der Waals surface area (Å²) in [6.07, 6.45) is -6.75. The maximum Gasteiger partial charge on any atom is 0.416 e. The van der Waals surface area contributed by atoms with E-state index in [1.165, 1.54) is 12.2 Å². The molecule has 7 nitrogen and oxygen atoms in total. The molecule has 0 aliphatic carbocycles. The third-order valence-electron chi connectivity index (χ3n) is 6.12. The number of ketones is 1. The van der Waals surface area contributed by atoms with E-state index in [4.69, 9.17) is 0 Å². The molecular formula is C27H18F6N2O5S. The quantitative estimate of drug-likeness (QED) is 0.148. The topological polar surface area (TPSA) is 97.6 Å². The molecule has 3 aromatic rings. The van der Waals surface area contributed by atoms with Crippen molar-refractivity contribution in [2.75, 3.05) is 13.1 Å². The van der Waals surface area contributed by atoms with Crippen LogP contribution in [0.25, 0.3) is 12.2 Å². The highest BCUT2D eigenvalue weighted by molar-refractivity contribution is 7.89. The molecule has 14 heteroatoms. The first-order valence-corrected chi connectivity index (χ1v) is 13.0. The molecule has 1 aliphatic heterocycles. The van der Waals surface area contributed by atoms with E-state index in [9.17, 15) is 49.7 Å². The molecule has 0 saturated carbocycles. The maximum absolute atomic E-state index is 13.4. The fourth-order valence-corrected chi connectivity index (χ4v) is 5.40. The number of non-ortho nitro benzene ring substituents is 1. The molecule has 0 unspecified atom stereocenters. The van der Waals surface area contributed by atoms with Crippen LogP contribution in [0.4, 0.5) is 32.0 Å². The second-order valence-electron chi connectivity index (χ2n) is 8.93. The predicted molar refractivity (Wildman–Crippen MR) is 136 cm³/mol. The molecular weight excluding hydrogens is 578 g/mol. The van der Waals surface area contributed by atoms with Crippen molar-refractivity contribution in [3.05, 3.63) is 116 Å². The average molecular weight is 597 g/mol. The van der Waals surface area contributed by atoms with E-state index in [-0.39, 0.29) is 32.9 Å². The maximum atomic E-state index is 13.4. The molecule has 0 atom stereocenters. The standard InChI is InChI=1S/C27H18F6N2O5S/c28-26(29,30)21-5-1-17(2-6-21)13-19-15-34(41(39,40)24-11-9-23(10-12-24)35(37)38)16-20(25(19)36)14-18-3-7-22(8-4-18)27(31,32)33/h1-14H,15-16H2/b19-13+,20-14+. The number of sulfonamides is 1. The van der Waals surface area contributed by atoms with Crippen LogP contribution in [0.2, 0.25) is 0 Å². The van der Waals surface area contributed by atoms with Gasteiger partial charge in [-0.25, -0.2) is 8.42 Å². The average Bonchev–Trinajstić information content (AvgIpc) is 2.90. The zero-order valence-corrected chi connectivity index (χ0v) is 21.4. The highest BCUT2D eigenvalue weighted by Gasteiger charge is 2.35. The van der Waals surface area contributed by atoms with Gasteiger partial charge in [-0.3, -0.25) is 14.9 Å². The molecule has 1 fully saturated rings. The Hall–Kier alpha value is -4.30. The molecule has 0 aromatic heterocycles. The number of nitrogens with zero attached hydrogens (tertiary/aromatic N) is 2. The van der Waals surface area contributed by atoms with Crippen LogP contribution in [-0.4, -0.2) is 36.5 Å². The van der Waals surface area contributed by atoms with Crippen molar-refractivity contribution in [2.24, 2.45) is 0 Å². The fourth-order valence-electron chi connectivity index (χ4n) is 4.01. The van der Waals surface area contributed by atoms with E-state index in [2.05, 4.69) is 0 Å². The van der Waals surface area contributed by atoms with Gasteiger partial charge in [0.15, 0.2) is 5.78 Å². The summed E-state index contributed by atoms with van der Waals surface area (Å²) < 4.78 is 105. The van der Waals surface area contributed by atoms with Crippen molar-refractivity contribution in [3.8, 4) is 0 Å². The smallest absolute Gasteiger partial charge is 0.289 e. The lowest BCUT2D eigenvalue weighted by Gasteiger charge is -2.29. The summed E-state index contributed by atoms with van der Waals surface area (Å²) in [6.45, 7) is -0.965. The number of piperidine rings is 1. The minimum Gasteiger partial charge on any atom is -0.289 e. The summed E-state index contributed by atoms with van der Waals surface area (Å²) >= 11 is 0. The number of hydrogen-bond donors (Lipinski definition) is 0. The summed E-state index contributed by atoms with van der Waals surface area (Å²) in [6, 6.07) is 11.6. The predicted octanol–water partition coefficient (Wildman–Crippen LogP) is 6.37. The lowest BCUT2D eigenvalue weighted by Crippen LogP contribution is -2.41. The Morgan fingerprint density at radius 2 is 1.10 bits per heavy atom. The first-order valence-electron chi connectivity index (χ1n) is 11.6. The number of benzene rings is 3. The Labute approximate surface area is 229 Å². The summed E-state index contributed by atoms with van der Waals surface area (Å²) in [5.74, 6) is -0.653. The van der Waals surface area contributed by atoms with Crippen LogP contribution in [0.1, 0.15) is 22.3 Å². The van der Waals surface area contributed by atoms with Crippen LogP contribution >= 0.6 is 0 Å². The minimum absolute atomic E-state index is 0.111. The SMILES string of the molecule is O=C1/C(=C/c2ccc(C(F)(F)F)cc2)CN(S(=O)(=O)c2ccc([N+](=O)[O-])cc2)C/C1=C\c1ccc(C(F)(F)F)cc1. The van der Waals surface area contributed by atoms with Crippen LogP contribution in [0, 0.1) is 10.1 Å². The Morgan fingerprint density at radius 3 is 1.44 bits per heavy atom. The van der Waals surface area contributed by atoms with E-state index >= 15 is 0 Å². The van der Waals surface area contributed by atoms with E-state index < -0.39 is 57.3 Å². The Balaban J connectivity index is 1.75. The molecule has 1 saturated heterocycles. The second kappa shape index (κ2) is 10.9. The molecule has 3 aromatic carbocycles. The van der Waals surface area contributed by atoms with Gasteiger partial charge >= 0.3 is 12.4 Å². The first-order chi connectivity index (χ1) is 19.1. The zero-order valence-electron chi connectivity index (χ0n) is 20.6. The highest BCUT2D eigenvalue weighted by Crippen LogP contribution is 2.32. The van der Waals surface area contributed by atoms with Gasteiger partial charge in [-0.2, -0.15) is 30.6 Å². The van der Waals surface area contributed by atoms with Gasteiger partial charge in [0.25, 0.3) is 5.69 Å². The van der Waals surface area contributed by atoms with Crippen LogP contribution in [0.5, 0.6) is 0 Å². The third-order valence-corrected chi connectivity index (χ3v) is 7.93. The molecule has 1 aliphatic rings. The summed E-state index contributed by atoms with van der Waals surface area (Å²) in [7, 11) is -4.35. The van der Waals surface area contributed by atoms with Gasteiger partial charge in [-0.15, -0.1) is 0 Å². The Bertz CT molecular complexity index is 1560. The molecule has 214 valence electrons. The van der Waals surface area contributed by atoms with Gasteiger partial charge in [0.05, 0.1) is 20.9 Å². The minimum atomic E-state index is -4.60. The molecule has 0 bridgehead atoms. The van der Waals surface area contributed by atoms with Crippen molar-refractivity contribution in [1.82, 2.24) is 4.31 Å². The largest absolute Gasteiger partial charge is 0.416 e. The van der Waals surface area contributed by atoms with Crippen molar-refractivity contribution in [2.45, 2.75) is 17.2 Å².